The van der Waals surface area contributed by atoms with Crippen molar-refractivity contribution in [1.82, 2.24) is 19.6 Å². The Kier molecular flexibility index (Phi) is 6.18. The smallest absolute Gasteiger partial charge is 0.257 e. The molecule has 0 unspecified atom stereocenters. The molecule has 0 radical (unpaired) electrons. The molecule has 2 aromatic heterocycles. The average molecular weight is 473 g/mol. The van der Waals surface area contributed by atoms with Gasteiger partial charge in [0.2, 0.25) is 5.91 Å². The van der Waals surface area contributed by atoms with Crippen molar-refractivity contribution in [3.8, 4) is 17.1 Å². The van der Waals surface area contributed by atoms with Crippen molar-refractivity contribution in [2.45, 2.75) is 13.3 Å². The molecule has 0 aliphatic carbocycles. The lowest BCUT2D eigenvalue weighted by atomic mass is 10.1. The highest BCUT2D eigenvalue weighted by molar-refractivity contribution is 5.99. The maximum absolute atomic E-state index is 13.5. The fourth-order valence-electron chi connectivity index (χ4n) is 4.21. The lowest BCUT2D eigenvalue weighted by molar-refractivity contribution is -0.131. The van der Waals surface area contributed by atoms with Crippen LogP contribution < -0.4 is 0 Å². The monoisotopic (exact) mass is 472 g/mol. The van der Waals surface area contributed by atoms with E-state index in [0.717, 1.165) is 17.0 Å². The van der Waals surface area contributed by atoms with Crippen molar-refractivity contribution in [2.24, 2.45) is 0 Å². The van der Waals surface area contributed by atoms with Crippen LogP contribution in [0.25, 0.3) is 17.1 Å². The largest absolute Gasteiger partial charge is 0.460 e. The number of nitrogens with zero attached hydrogens (tertiary/aromatic N) is 4. The minimum atomic E-state index is -0.326. The number of aryl methyl sites for hydroxylation is 1. The normalized spacial score (nSPS) is 13.8. The lowest BCUT2D eigenvalue weighted by Gasteiger charge is -2.34. The van der Waals surface area contributed by atoms with Gasteiger partial charge in [0.1, 0.15) is 17.3 Å². The molecule has 0 atom stereocenters. The predicted molar refractivity (Wildman–Crippen MR) is 129 cm³/mol. The summed E-state index contributed by atoms with van der Waals surface area (Å²) < 4.78 is 20.6. The molecule has 35 heavy (non-hydrogen) atoms. The van der Waals surface area contributed by atoms with Gasteiger partial charge in [0, 0.05) is 32.4 Å². The van der Waals surface area contributed by atoms with Crippen LogP contribution in [0.1, 0.15) is 21.7 Å². The Morgan fingerprint density at radius 3 is 2.26 bits per heavy atom. The topological polar surface area (TPSA) is 71.6 Å². The van der Waals surface area contributed by atoms with Gasteiger partial charge in [0.05, 0.1) is 17.7 Å². The Labute approximate surface area is 202 Å². The molecule has 0 N–H and O–H groups in total. The van der Waals surface area contributed by atoms with Crippen LogP contribution in [0.4, 0.5) is 4.39 Å². The van der Waals surface area contributed by atoms with Gasteiger partial charge in [-0.2, -0.15) is 5.10 Å². The number of amides is 2. The third-order valence-electron chi connectivity index (χ3n) is 6.13. The van der Waals surface area contributed by atoms with E-state index in [9.17, 15) is 14.0 Å². The van der Waals surface area contributed by atoms with E-state index < -0.39 is 0 Å². The summed E-state index contributed by atoms with van der Waals surface area (Å²) in [6, 6.07) is 19.2. The van der Waals surface area contributed by atoms with Crippen LogP contribution in [0.3, 0.4) is 0 Å². The predicted octanol–water partition coefficient (Wildman–Crippen LogP) is 4.11. The highest BCUT2D eigenvalue weighted by atomic mass is 19.1. The molecule has 1 fully saturated rings. The van der Waals surface area contributed by atoms with Gasteiger partial charge in [-0.3, -0.25) is 9.59 Å². The van der Waals surface area contributed by atoms with Crippen LogP contribution >= 0.6 is 0 Å². The molecular weight excluding hydrogens is 447 g/mol. The molecule has 0 spiro atoms. The van der Waals surface area contributed by atoms with Gasteiger partial charge in [-0.25, -0.2) is 9.07 Å². The number of carbonyl (C=O) groups excluding carboxylic acids is 2. The average Bonchev–Trinajstić information content (AvgIpc) is 3.52. The summed E-state index contributed by atoms with van der Waals surface area (Å²) in [4.78, 5) is 29.7. The van der Waals surface area contributed by atoms with Crippen LogP contribution in [0.5, 0.6) is 0 Å². The fraction of sp³-hybridized carbons (Fsp3) is 0.222. The lowest BCUT2D eigenvalue weighted by Crippen LogP contribution is -2.51. The number of benzene rings is 2. The number of hydrogen-bond acceptors (Lipinski definition) is 4. The van der Waals surface area contributed by atoms with Crippen LogP contribution in [-0.2, 0) is 11.2 Å². The van der Waals surface area contributed by atoms with Gasteiger partial charge in [-0.1, -0.05) is 30.3 Å². The van der Waals surface area contributed by atoms with E-state index in [1.165, 1.54) is 12.1 Å². The number of carbonyl (C=O) groups is 2. The Morgan fingerprint density at radius 1 is 0.914 bits per heavy atom. The minimum Gasteiger partial charge on any atom is -0.460 e. The van der Waals surface area contributed by atoms with Gasteiger partial charge in [0.15, 0.2) is 5.76 Å². The summed E-state index contributed by atoms with van der Waals surface area (Å²) in [7, 11) is 0. The molecule has 5 rings (SSSR count). The molecule has 2 amide bonds. The van der Waals surface area contributed by atoms with Gasteiger partial charge in [-0.15, -0.1) is 0 Å². The Bertz CT molecular complexity index is 1340. The van der Waals surface area contributed by atoms with Gasteiger partial charge >= 0.3 is 0 Å². The second-order valence-corrected chi connectivity index (χ2v) is 8.56. The maximum atomic E-state index is 13.5. The van der Waals surface area contributed by atoms with Crippen molar-refractivity contribution in [1.29, 1.82) is 0 Å². The first-order chi connectivity index (χ1) is 17.0. The first-order valence-corrected chi connectivity index (χ1v) is 11.5. The van der Waals surface area contributed by atoms with Gasteiger partial charge in [-0.05, 0) is 48.9 Å². The summed E-state index contributed by atoms with van der Waals surface area (Å²) in [5, 5.41) is 4.66. The molecule has 1 aliphatic heterocycles. The highest BCUT2D eigenvalue weighted by Gasteiger charge is 2.29. The Morgan fingerprint density at radius 2 is 1.60 bits per heavy atom. The highest BCUT2D eigenvalue weighted by Crippen LogP contribution is 2.27. The van der Waals surface area contributed by atoms with Gasteiger partial charge < -0.3 is 14.2 Å². The molecule has 0 saturated carbocycles. The number of rotatable bonds is 5. The van der Waals surface area contributed by atoms with Crippen LogP contribution in [0, 0.1) is 12.7 Å². The number of hydrogen-bond donors (Lipinski definition) is 0. The zero-order chi connectivity index (χ0) is 24.4. The maximum Gasteiger partial charge on any atom is 0.257 e. The molecular formula is C27H25FN4O3. The Balaban J connectivity index is 1.32. The molecule has 2 aromatic carbocycles. The van der Waals surface area contributed by atoms with E-state index in [0.29, 0.717) is 43.2 Å². The number of piperazine rings is 1. The van der Waals surface area contributed by atoms with E-state index in [4.69, 9.17) is 4.42 Å². The van der Waals surface area contributed by atoms with Crippen molar-refractivity contribution in [3.05, 3.63) is 95.6 Å². The molecule has 1 saturated heterocycles. The fourth-order valence-corrected chi connectivity index (χ4v) is 4.21. The second-order valence-electron chi connectivity index (χ2n) is 8.56. The van der Waals surface area contributed by atoms with Crippen LogP contribution in [-0.4, -0.2) is 57.6 Å². The SMILES string of the molecule is Cc1ccc(-c2nn(-c3ccccc3)cc2C(=O)N2CCN(C(=O)Cc3ccc(F)cc3)CC2)o1. The van der Waals surface area contributed by atoms with E-state index in [-0.39, 0.29) is 24.1 Å². The molecule has 178 valence electrons. The second kappa shape index (κ2) is 9.58. The third kappa shape index (κ3) is 4.87. The van der Waals surface area contributed by atoms with Crippen LogP contribution in [0.2, 0.25) is 0 Å². The minimum absolute atomic E-state index is 0.0349. The summed E-state index contributed by atoms with van der Waals surface area (Å²) >= 11 is 0. The van der Waals surface area contributed by atoms with E-state index >= 15 is 0 Å². The number of para-hydroxylation sites is 1. The zero-order valence-electron chi connectivity index (χ0n) is 19.4. The molecule has 4 aromatic rings. The summed E-state index contributed by atoms with van der Waals surface area (Å²) in [5.74, 6) is 0.761. The quantitative estimate of drug-likeness (QED) is 0.438. The van der Waals surface area contributed by atoms with E-state index in [2.05, 4.69) is 5.10 Å². The standard InChI is InChI=1S/C27H25FN4O3/c1-19-7-12-24(35-19)26-23(18-32(29-26)22-5-3-2-4-6-22)27(34)31-15-13-30(14-16-31)25(33)17-20-8-10-21(28)11-9-20/h2-12,18H,13-17H2,1H3. The van der Waals surface area contributed by atoms with Crippen molar-refractivity contribution in [3.63, 3.8) is 0 Å². The summed E-state index contributed by atoms with van der Waals surface area (Å²) in [5.41, 5.74) is 2.55. The number of furan rings is 1. The van der Waals surface area contributed by atoms with Crippen LogP contribution in [0.15, 0.2) is 77.3 Å². The van der Waals surface area contributed by atoms with E-state index in [1.807, 2.05) is 49.4 Å². The Hall–Kier alpha value is -4.20. The summed E-state index contributed by atoms with van der Waals surface area (Å²) in [6.07, 6.45) is 1.94. The van der Waals surface area contributed by atoms with Crippen molar-refractivity contribution >= 4 is 11.8 Å². The van der Waals surface area contributed by atoms with Crippen molar-refractivity contribution < 1.29 is 18.4 Å². The molecule has 8 heteroatoms. The molecule has 3 heterocycles. The van der Waals surface area contributed by atoms with Crippen molar-refractivity contribution in [2.75, 3.05) is 26.2 Å². The number of aromatic nitrogens is 2. The summed E-state index contributed by atoms with van der Waals surface area (Å²) in [6.45, 7) is 3.56. The zero-order valence-corrected chi connectivity index (χ0v) is 19.4. The first kappa shape index (κ1) is 22.6. The third-order valence-corrected chi connectivity index (χ3v) is 6.13. The van der Waals surface area contributed by atoms with E-state index in [1.54, 1.807) is 32.8 Å². The number of halogens is 1. The van der Waals surface area contributed by atoms with Gasteiger partial charge in [0.25, 0.3) is 5.91 Å². The first-order valence-electron chi connectivity index (χ1n) is 11.5. The molecule has 7 nitrogen and oxygen atoms in total. The molecule has 0 bridgehead atoms. The molecule has 1 aliphatic rings.